The highest BCUT2D eigenvalue weighted by atomic mass is 35.5. The number of hydrogen-bond acceptors (Lipinski definition) is 3. The fraction of sp³-hybridized carbons (Fsp3) is 0.115. The number of benzene rings is 4. The third-order valence-electron chi connectivity index (χ3n) is 4.88. The van der Waals surface area contributed by atoms with Crippen LogP contribution in [0, 0.1) is 0 Å². The van der Waals surface area contributed by atoms with E-state index in [0.29, 0.717) is 28.7 Å². The molecule has 31 heavy (non-hydrogen) atoms. The van der Waals surface area contributed by atoms with E-state index in [1.165, 1.54) is 0 Å². The Balaban J connectivity index is 1.58. The van der Waals surface area contributed by atoms with Crippen molar-refractivity contribution in [2.24, 2.45) is 0 Å². The third-order valence-corrected chi connectivity index (χ3v) is 5.19. The molecule has 4 nitrogen and oxygen atoms in total. The SMILES string of the molecule is CCOc1ccc(C(=O)Nc2cccc3ccccc23)cc1COc1ccccc1Cl. The smallest absolute Gasteiger partial charge is 0.255 e. The average Bonchev–Trinajstić information content (AvgIpc) is 2.79. The van der Waals surface area contributed by atoms with Gasteiger partial charge in [0.1, 0.15) is 18.1 Å². The van der Waals surface area contributed by atoms with Crippen molar-refractivity contribution in [2.45, 2.75) is 13.5 Å². The maximum Gasteiger partial charge on any atom is 0.255 e. The van der Waals surface area contributed by atoms with Crippen LogP contribution in [0.15, 0.2) is 84.9 Å². The molecule has 0 radical (unpaired) electrons. The van der Waals surface area contributed by atoms with Crippen LogP contribution in [0.2, 0.25) is 5.02 Å². The van der Waals surface area contributed by atoms with Gasteiger partial charge in [-0.1, -0.05) is 60.1 Å². The number of rotatable bonds is 7. The number of nitrogens with one attached hydrogen (secondary N) is 1. The van der Waals surface area contributed by atoms with E-state index < -0.39 is 0 Å². The van der Waals surface area contributed by atoms with Crippen molar-refractivity contribution in [1.29, 1.82) is 0 Å². The van der Waals surface area contributed by atoms with Gasteiger partial charge in [0, 0.05) is 22.2 Å². The lowest BCUT2D eigenvalue weighted by Crippen LogP contribution is -2.13. The summed E-state index contributed by atoms with van der Waals surface area (Å²) < 4.78 is 11.6. The summed E-state index contributed by atoms with van der Waals surface area (Å²) in [5.41, 5.74) is 2.06. The second-order valence-corrected chi connectivity index (χ2v) is 7.36. The minimum absolute atomic E-state index is 0.196. The lowest BCUT2D eigenvalue weighted by Gasteiger charge is -2.14. The average molecular weight is 432 g/mol. The second-order valence-electron chi connectivity index (χ2n) is 6.96. The fourth-order valence-electron chi connectivity index (χ4n) is 3.38. The van der Waals surface area contributed by atoms with E-state index >= 15 is 0 Å². The van der Waals surface area contributed by atoms with E-state index in [-0.39, 0.29) is 12.5 Å². The highest BCUT2D eigenvalue weighted by Gasteiger charge is 2.13. The summed E-state index contributed by atoms with van der Waals surface area (Å²) in [5.74, 6) is 1.06. The van der Waals surface area contributed by atoms with Gasteiger partial charge in [-0.2, -0.15) is 0 Å². The first-order valence-corrected chi connectivity index (χ1v) is 10.5. The summed E-state index contributed by atoms with van der Waals surface area (Å²) in [4.78, 5) is 13.0. The van der Waals surface area contributed by atoms with Crippen LogP contribution in [-0.2, 0) is 6.61 Å². The van der Waals surface area contributed by atoms with Gasteiger partial charge in [-0.3, -0.25) is 4.79 Å². The second kappa shape index (κ2) is 9.54. The van der Waals surface area contributed by atoms with Crippen molar-refractivity contribution in [2.75, 3.05) is 11.9 Å². The van der Waals surface area contributed by atoms with Crippen LogP contribution >= 0.6 is 11.6 Å². The van der Waals surface area contributed by atoms with Crippen molar-refractivity contribution in [3.05, 3.63) is 101 Å². The zero-order chi connectivity index (χ0) is 21.6. The van der Waals surface area contributed by atoms with Crippen LogP contribution in [0.25, 0.3) is 10.8 Å². The Labute approximate surface area is 186 Å². The van der Waals surface area contributed by atoms with E-state index in [1.807, 2.05) is 61.5 Å². The van der Waals surface area contributed by atoms with Crippen LogP contribution in [0.5, 0.6) is 11.5 Å². The molecule has 0 fully saturated rings. The highest BCUT2D eigenvalue weighted by Crippen LogP contribution is 2.28. The van der Waals surface area contributed by atoms with Crippen LogP contribution in [0.3, 0.4) is 0 Å². The molecule has 5 heteroatoms. The monoisotopic (exact) mass is 431 g/mol. The molecule has 0 aliphatic heterocycles. The number of amides is 1. The van der Waals surface area contributed by atoms with Gasteiger partial charge in [-0.15, -0.1) is 0 Å². The van der Waals surface area contributed by atoms with Crippen LogP contribution < -0.4 is 14.8 Å². The predicted octanol–water partition coefficient (Wildman–Crippen LogP) is 6.72. The molecule has 0 atom stereocenters. The van der Waals surface area contributed by atoms with E-state index in [2.05, 4.69) is 5.32 Å². The number of halogens is 1. The standard InChI is InChI=1S/C26H22ClNO3/c1-2-30-24-15-14-19(16-20(24)17-31-25-13-6-5-11-22(25)27)26(29)28-23-12-7-9-18-8-3-4-10-21(18)23/h3-16H,2,17H2,1H3,(H,28,29). The molecular weight excluding hydrogens is 410 g/mol. The summed E-state index contributed by atoms with van der Waals surface area (Å²) in [6.45, 7) is 2.66. The normalized spacial score (nSPS) is 10.6. The number of fused-ring (bicyclic) bond motifs is 1. The molecule has 0 saturated carbocycles. The first kappa shape index (κ1) is 20.8. The van der Waals surface area contributed by atoms with Gasteiger partial charge in [-0.25, -0.2) is 0 Å². The van der Waals surface area contributed by atoms with Crippen molar-refractivity contribution in [3.63, 3.8) is 0 Å². The number of carbonyl (C=O) groups is 1. The lowest BCUT2D eigenvalue weighted by atomic mass is 10.1. The van der Waals surface area contributed by atoms with Crippen molar-refractivity contribution in [3.8, 4) is 11.5 Å². The molecule has 0 aromatic heterocycles. The number of hydrogen-bond donors (Lipinski definition) is 1. The molecule has 0 aliphatic carbocycles. The van der Waals surface area contributed by atoms with Gasteiger partial charge < -0.3 is 14.8 Å². The molecule has 156 valence electrons. The molecule has 0 spiro atoms. The number of carbonyl (C=O) groups excluding carboxylic acids is 1. The van der Waals surface area contributed by atoms with Crippen molar-refractivity contribution in [1.82, 2.24) is 0 Å². The summed E-state index contributed by atoms with van der Waals surface area (Å²) in [5, 5.41) is 5.62. The van der Waals surface area contributed by atoms with Crippen LogP contribution in [-0.4, -0.2) is 12.5 Å². The Kier molecular flexibility index (Phi) is 6.39. The molecular formula is C26H22ClNO3. The molecule has 0 unspecified atom stereocenters. The zero-order valence-corrected chi connectivity index (χ0v) is 17.9. The largest absolute Gasteiger partial charge is 0.493 e. The van der Waals surface area contributed by atoms with Crippen LogP contribution in [0.4, 0.5) is 5.69 Å². The quantitative estimate of drug-likeness (QED) is 0.353. The molecule has 0 heterocycles. The van der Waals surface area contributed by atoms with Gasteiger partial charge in [0.2, 0.25) is 0 Å². The van der Waals surface area contributed by atoms with Gasteiger partial charge >= 0.3 is 0 Å². The van der Waals surface area contributed by atoms with E-state index in [9.17, 15) is 4.79 Å². The third kappa shape index (κ3) is 4.81. The Hall–Kier alpha value is -3.50. The first-order chi connectivity index (χ1) is 15.2. The zero-order valence-electron chi connectivity index (χ0n) is 17.1. The fourth-order valence-corrected chi connectivity index (χ4v) is 3.57. The molecule has 4 rings (SSSR count). The topological polar surface area (TPSA) is 47.6 Å². The summed E-state index contributed by atoms with van der Waals surface area (Å²) in [7, 11) is 0. The predicted molar refractivity (Wildman–Crippen MR) is 125 cm³/mol. The number of anilines is 1. The lowest BCUT2D eigenvalue weighted by molar-refractivity contribution is 0.102. The summed E-state index contributed by atoms with van der Waals surface area (Å²) >= 11 is 6.19. The Bertz CT molecular complexity index is 1220. The van der Waals surface area contributed by atoms with E-state index in [4.69, 9.17) is 21.1 Å². The molecule has 0 bridgehead atoms. The summed E-state index contributed by atoms with van der Waals surface area (Å²) in [6.07, 6.45) is 0. The Morgan fingerprint density at radius 1 is 0.871 bits per heavy atom. The highest BCUT2D eigenvalue weighted by molar-refractivity contribution is 6.32. The van der Waals surface area contributed by atoms with Crippen molar-refractivity contribution >= 4 is 34.0 Å². The van der Waals surface area contributed by atoms with E-state index in [1.54, 1.807) is 30.3 Å². The number of ether oxygens (including phenoxy) is 2. The molecule has 1 amide bonds. The Morgan fingerprint density at radius 3 is 2.48 bits per heavy atom. The van der Waals surface area contributed by atoms with Gasteiger partial charge in [0.25, 0.3) is 5.91 Å². The maximum absolute atomic E-state index is 13.0. The minimum atomic E-state index is -0.196. The first-order valence-electron chi connectivity index (χ1n) is 10.1. The molecule has 0 saturated heterocycles. The van der Waals surface area contributed by atoms with Crippen molar-refractivity contribution < 1.29 is 14.3 Å². The molecule has 4 aromatic rings. The minimum Gasteiger partial charge on any atom is -0.493 e. The molecule has 4 aromatic carbocycles. The number of para-hydroxylation sites is 1. The van der Waals surface area contributed by atoms with Gasteiger partial charge in [0.15, 0.2) is 0 Å². The molecule has 1 N–H and O–H groups in total. The maximum atomic E-state index is 13.0. The summed E-state index contributed by atoms with van der Waals surface area (Å²) in [6, 6.07) is 26.4. The van der Waals surface area contributed by atoms with Gasteiger partial charge in [0.05, 0.1) is 11.6 Å². The molecule has 0 aliphatic rings. The van der Waals surface area contributed by atoms with Gasteiger partial charge in [-0.05, 0) is 48.7 Å². The van der Waals surface area contributed by atoms with Crippen LogP contribution in [0.1, 0.15) is 22.8 Å². The Morgan fingerprint density at radius 2 is 1.65 bits per heavy atom. The van der Waals surface area contributed by atoms with E-state index in [0.717, 1.165) is 22.0 Å².